The molecular formula is C12H17ClN2O4S. The van der Waals surface area contributed by atoms with E-state index in [2.05, 4.69) is 9.46 Å². The Balaban J connectivity index is 3.03. The lowest BCUT2D eigenvalue weighted by atomic mass is 10.1. The first-order valence-corrected chi connectivity index (χ1v) is 7.59. The molecule has 1 aromatic carbocycles. The van der Waals surface area contributed by atoms with Crippen molar-refractivity contribution < 1.29 is 17.9 Å². The van der Waals surface area contributed by atoms with Crippen molar-refractivity contribution in [3.05, 3.63) is 28.8 Å². The van der Waals surface area contributed by atoms with Crippen LogP contribution in [-0.4, -0.2) is 33.6 Å². The van der Waals surface area contributed by atoms with Gasteiger partial charge < -0.3 is 10.5 Å². The Morgan fingerprint density at radius 2 is 2.05 bits per heavy atom. The molecule has 1 rings (SSSR count). The van der Waals surface area contributed by atoms with Gasteiger partial charge in [0.1, 0.15) is 0 Å². The first-order chi connectivity index (χ1) is 9.07. The fourth-order valence-corrected chi connectivity index (χ4v) is 2.87. The highest BCUT2D eigenvalue weighted by Crippen LogP contribution is 2.21. The summed E-state index contributed by atoms with van der Waals surface area (Å²) in [7, 11) is -2.52. The van der Waals surface area contributed by atoms with Gasteiger partial charge in [-0.05, 0) is 32.0 Å². The maximum Gasteiger partial charge on any atom is 0.339 e. The Bertz CT molecular complexity index is 608. The molecule has 0 radical (unpaired) electrons. The molecule has 0 saturated carbocycles. The summed E-state index contributed by atoms with van der Waals surface area (Å²) in [6.45, 7) is 3.47. The second-order valence-corrected chi connectivity index (χ2v) is 7.12. The minimum atomic E-state index is -3.73. The van der Waals surface area contributed by atoms with E-state index >= 15 is 0 Å². The van der Waals surface area contributed by atoms with Crippen LogP contribution in [0.2, 0.25) is 5.02 Å². The first-order valence-electron chi connectivity index (χ1n) is 5.73. The summed E-state index contributed by atoms with van der Waals surface area (Å²) in [5, 5.41) is 0.00623. The van der Waals surface area contributed by atoms with Gasteiger partial charge in [0.2, 0.25) is 10.0 Å². The van der Waals surface area contributed by atoms with E-state index in [0.29, 0.717) is 0 Å². The van der Waals surface area contributed by atoms with Crippen molar-refractivity contribution in [2.45, 2.75) is 24.3 Å². The average molecular weight is 321 g/mol. The maximum absolute atomic E-state index is 12.0. The van der Waals surface area contributed by atoms with Crippen molar-refractivity contribution in [2.75, 3.05) is 13.7 Å². The number of nitrogens with one attached hydrogen (secondary N) is 1. The Kier molecular flexibility index (Phi) is 5.15. The van der Waals surface area contributed by atoms with Crippen molar-refractivity contribution in [2.24, 2.45) is 5.73 Å². The highest BCUT2D eigenvalue weighted by Gasteiger charge is 2.21. The topological polar surface area (TPSA) is 98.5 Å². The van der Waals surface area contributed by atoms with E-state index in [1.165, 1.54) is 25.3 Å². The molecule has 0 fully saturated rings. The lowest BCUT2D eigenvalue weighted by Gasteiger charge is -2.19. The fraction of sp³-hybridized carbons (Fsp3) is 0.417. The van der Waals surface area contributed by atoms with Crippen LogP contribution in [0.25, 0.3) is 0 Å². The molecule has 0 saturated heterocycles. The van der Waals surface area contributed by atoms with Crippen LogP contribution in [0.4, 0.5) is 0 Å². The van der Waals surface area contributed by atoms with E-state index in [0.717, 1.165) is 0 Å². The van der Waals surface area contributed by atoms with Gasteiger partial charge in [-0.3, -0.25) is 0 Å². The Morgan fingerprint density at radius 3 is 2.50 bits per heavy atom. The minimum Gasteiger partial charge on any atom is -0.465 e. The standard InChI is InChI=1S/C12H17ClN2O4S/c1-12(2,14)7-15-20(17,18)8-4-5-9(10(13)6-8)11(16)19-3/h4-6,15H,7,14H2,1-3H3. The molecule has 8 heteroatoms. The molecule has 0 aliphatic heterocycles. The largest absolute Gasteiger partial charge is 0.465 e. The van der Waals surface area contributed by atoms with Crippen molar-refractivity contribution >= 4 is 27.6 Å². The average Bonchev–Trinajstić information content (AvgIpc) is 2.34. The summed E-state index contributed by atoms with van der Waals surface area (Å²) in [5.41, 5.74) is 5.14. The molecule has 1 aromatic rings. The van der Waals surface area contributed by atoms with Crippen LogP contribution in [0.3, 0.4) is 0 Å². The summed E-state index contributed by atoms with van der Waals surface area (Å²) in [4.78, 5) is 11.3. The summed E-state index contributed by atoms with van der Waals surface area (Å²) in [6.07, 6.45) is 0. The van der Waals surface area contributed by atoms with E-state index in [1.54, 1.807) is 13.8 Å². The van der Waals surface area contributed by atoms with Crippen molar-refractivity contribution in [1.82, 2.24) is 4.72 Å². The minimum absolute atomic E-state index is 0.00623. The number of hydrogen-bond acceptors (Lipinski definition) is 5. The van der Waals surface area contributed by atoms with Gasteiger partial charge in [0.25, 0.3) is 0 Å². The maximum atomic E-state index is 12.0. The molecule has 0 amide bonds. The summed E-state index contributed by atoms with van der Waals surface area (Å²) in [5.74, 6) is -0.630. The molecule has 20 heavy (non-hydrogen) atoms. The number of rotatable bonds is 5. The number of nitrogens with two attached hydrogens (primary N) is 1. The lowest BCUT2D eigenvalue weighted by Crippen LogP contribution is -2.45. The zero-order chi connectivity index (χ0) is 15.6. The number of benzene rings is 1. The van der Waals surface area contributed by atoms with Crippen LogP contribution in [0.15, 0.2) is 23.1 Å². The molecule has 0 spiro atoms. The molecule has 112 valence electrons. The number of carbonyl (C=O) groups excluding carboxylic acids is 1. The second kappa shape index (κ2) is 6.09. The van der Waals surface area contributed by atoms with Gasteiger partial charge in [0.05, 0.1) is 22.6 Å². The van der Waals surface area contributed by atoms with E-state index in [-0.39, 0.29) is 22.0 Å². The van der Waals surface area contributed by atoms with Gasteiger partial charge in [-0.2, -0.15) is 0 Å². The first kappa shape index (κ1) is 16.9. The monoisotopic (exact) mass is 320 g/mol. The van der Waals surface area contributed by atoms with Crippen LogP contribution >= 0.6 is 11.6 Å². The second-order valence-electron chi connectivity index (χ2n) is 4.95. The highest BCUT2D eigenvalue weighted by molar-refractivity contribution is 7.89. The Morgan fingerprint density at radius 1 is 1.45 bits per heavy atom. The number of methoxy groups -OCH3 is 1. The Labute approximate surface area is 123 Å². The number of ether oxygens (including phenoxy) is 1. The SMILES string of the molecule is COC(=O)c1ccc(S(=O)(=O)NCC(C)(C)N)cc1Cl. The smallest absolute Gasteiger partial charge is 0.339 e. The molecule has 0 aliphatic carbocycles. The number of hydrogen-bond donors (Lipinski definition) is 2. The third-order valence-electron chi connectivity index (χ3n) is 2.37. The summed E-state index contributed by atoms with van der Waals surface area (Å²) in [6, 6.07) is 3.78. The molecule has 6 nitrogen and oxygen atoms in total. The third-order valence-corrected chi connectivity index (χ3v) is 4.09. The van der Waals surface area contributed by atoms with E-state index in [9.17, 15) is 13.2 Å². The molecule has 0 atom stereocenters. The Hall–Kier alpha value is -1.15. The molecular weight excluding hydrogens is 304 g/mol. The van der Waals surface area contributed by atoms with Gasteiger partial charge in [0.15, 0.2) is 0 Å². The predicted octanol–water partition coefficient (Wildman–Crippen LogP) is 1.14. The molecule has 3 N–H and O–H groups in total. The predicted molar refractivity (Wildman–Crippen MR) is 76.2 cm³/mol. The molecule has 0 heterocycles. The van der Waals surface area contributed by atoms with Crippen LogP contribution in [0.5, 0.6) is 0 Å². The van der Waals surface area contributed by atoms with E-state index in [1.807, 2.05) is 0 Å². The van der Waals surface area contributed by atoms with Gasteiger partial charge in [-0.25, -0.2) is 17.9 Å². The van der Waals surface area contributed by atoms with Crippen LogP contribution in [0, 0.1) is 0 Å². The van der Waals surface area contributed by atoms with Crippen molar-refractivity contribution in [3.8, 4) is 0 Å². The van der Waals surface area contributed by atoms with Crippen LogP contribution in [0.1, 0.15) is 24.2 Å². The van der Waals surface area contributed by atoms with Gasteiger partial charge >= 0.3 is 5.97 Å². The molecule has 0 aliphatic rings. The number of sulfonamides is 1. The molecule has 0 unspecified atom stereocenters. The number of esters is 1. The van der Waals surface area contributed by atoms with E-state index in [4.69, 9.17) is 17.3 Å². The van der Waals surface area contributed by atoms with Crippen LogP contribution in [-0.2, 0) is 14.8 Å². The number of halogens is 1. The third kappa shape index (κ3) is 4.45. The van der Waals surface area contributed by atoms with E-state index < -0.39 is 21.5 Å². The normalized spacial score (nSPS) is 12.2. The lowest BCUT2D eigenvalue weighted by molar-refractivity contribution is 0.0601. The van der Waals surface area contributed by atoms with Crippen molar-refractivity contribution in [3.63, 3.8) is 0 Å². The summed E-state index contributed by atoms with van der Waals surface area (Å²) >= 11 is 5.88. The number of carbonyl (C=O) groups is 1. The zero-order valence-corrected chi connectivity index (χ0v) is 13.0. The quantitative estimate of drug-likeness (QED) is 0.793. The highest BCUT2D eigenvalue weighted by atomic mass is 35.5. The molecule has 0 bridgehead atoms. The van der Waals surface area contributed by atoms with Crippen LogP contribution < -0.4 is 10.5 Å². The van der Waals surface area contributed by atoms with Gasteiger partial charge in [-0.15, -0.1) is 0 Å². The zero-order valence-electron chi connectivity index (χ0n) is 11.4. The van der Waals surface area contributed by atoms with Gasteiger partial charge in [0, 0.05) is 12.1 Å². The molecule has 0 aromatic heterocycles. The van der Waals surface area contributed by atoms with Gasteiger partial charge in [-0.1, -0.05) is 11.6 Å². The van der Waals surface area contributed by atoms with Crippen molar-refractivity contribution in [1.29, 1.82) is 0 Å². The summed E-state index contributed by atoms with van der Waals surface area (Å²) < 4.78 is 31.0. The fourth-order valence-electron chi connectivity index (χ4n) is 1.30.